The maximum Gasteiger partial charge on any atom is 0.171 e. The van der Waals surface area contributed by atoms with E-state index in [0.717, 1.165) is 20.5 Å². The third-order valence-electron chi connectivity index (χ3n) is 2.64. The largest absolute Gasteiger partial charge is 0.308 e. The summed E-state index contributed by atoms with van der Waals surface area (Å²) in [6.07, 6.45) is 0. The van der Waals surface area contributed by atoms with E-state index >= 15 is 0 Å². The lowest BCUT2D eigenvalue weighted by atomic mass is 10.0. The van der Waals surface area contributed by atoms with Crippen molar-refractivity contribution in [2.75, 3.05) is 5.43 Å². The fraction of sp³-hybridized carbons (Fsp3) is 0.333. The number of aryl methyl sites for hydroxylation is 1. The highest BCUT2D eigenvalue weighted by atomic mass is 35.5. The lowest BCUT2D eigenvalue weighted by Gasteiger charge is -2.14. The van der Waals surface area contributed by atoms with E-state index in [2.05, 4.69) is 29.2 Å². The quantitative estimate of drug-likeness (QED) is 0.667. The van der Waals surface area contributed by atoms with Crippen molar-refractivity contribution in [3.63, 3.8) is 0 Å². The lowest BCUT2D eigenvalue weighted by molar-refractivity contribution is 0.832. The second-order valence-electron chi connectivity index (χ2n) is 4.30. The fourth-order valence-corrected chi connectivity index (χ4v) is 2.90. The van der Waals surface area contributed by atoms with Crippen LogP contribution in [0.2, 0.25) is 4.34 Å². The number of aromatic nitrogens is 2. The van der Waals surface area contributed by atoms with Crippen LogP contribution in [0.4, 0.5) is 5.82 Å². The van der Waals surface area contributed by atoms with Crippen molar-refractivity contribution in [3.05, 3.63) is 27.7 Å². The molecule has 0 aliphatic carbocycles. The van der Waals surface area contributed by atoms with E-state index in [-0.39, 0.29) is 0 Å². The van der Waals surface area contributed by atoms with Gasteiger partial charge in [0.15, 0.2) is 5.82 Å². The summed E-state index contributed by atoms with van der Waals surface area (Å²) in [4.78, 5) is 9.93. The van der Waals surface area contributed by atoms with E-state index in [1.807, 2.05) is 19.1 Å². The van der Waals surface area contributed by atoms with Gasteiger partial charge >= 0.3 is 0 Å². The predicted octanol–water partition coefficient (Wildman–Crippen LogP) is 3.58. The van der Waals surface area contributed by atoms with Gasteiger partial charge < -0.3 is 5.43 Å². The summed E-state index contributed by atoms with van der Waals surface area (Å²) in [6.45, 7) is 6.15. The van der Waals surface area contributed by atoms with Crippen LogP contribution in [0.15, 0.2) is 12.1 Å². The van der Waals surface area contributed by atoms with Crippen LogP contribution in [0, 0.1) is 6.92 Å². The first-order valence-electron chi connectivity index (χ1n) is 5.63. The van der Waals surface area contributed by atoms with Gasteiger partial charge in [0.2, 0.25) is 0 Å². The zero-order valence-electron chi connectivity index (χ0n) is 10.5. The minimum atomic E-state index is 0.317. The minimum absolute atomic E-state index is 0.317. The number of nitrogen functional groups attached to an aromatic ring is 1. The Bertz CT molecular complexity index is 565. The molecule has 0 aliphatic heterocycles. The Morgan fingerprint density at radius 1 is 1.33 bits per heavy atom. The van der Waals surface area contributed by atoms with Gasteiger partial charge in [-0.3, -0.25) is 0 Å². The van der Waals surface area contributed by atoms with Crippen LogP contribution in [0.1, 0.15) is 31.0 Å². The first kappa shape index (κ1) is 13.3. The van der Waals surface area contributed by atoms with Crippen molar-refractivity contribution in [2.45, 2.75) is 26.7 Å². The molecule has 0 saturated carbocycles. The van der Waals surface area contributed by atoms with Gasteiger partial charge in [-0.05, 0) is 25.0 Å². The number of anilines is 1. The average Bonchev–Trinajstić information content (AvgIpc) is 2.74. The summed E-state index contributed by atoms with van der Waals surface area (Å²) >= 11 is 7.38. The van der Waals surface area contributed by atoms with E-state index in [1.54, 1.807) is 0 Å². The molecule has 3 N–H and O–H groups in total. The van der Waals surface area contributed by atoms with Gasteiger partial charge in [0.05, 0.1) is 9.21 Å². The summed E-state index contributed by atoms with van der Waals surface area (Å²) < 4.78 is 0.724. The van der Waals surface area contributed by atoms with Gasteiger partial charge in [0, 0.05) is 11.3 Å². The van der Waals surface area contributed by atoms with Gasteiger partial charge in [0.1, 0.15) is 5.82 Å². The Balaban J connectivity index is 2.55. The Morgan fingerprint density at radius 2 is 2.06 bits per heavy atom. The Hall–Kier alpha value is -1.17. The molecule has 2 heterocycles. The first-order chi connectivity index (χ1) is 8.52. The monoisotopic (exact) mass is 282 g/mol. The van der Waals surface area contributed by atoms with Crippen molar-refractivity contribution < 1.29 is 0 Å². The van der Waals surface area contributed by atoms with Crippen molar-refractivity contribution >= 4 is 28.8 Å². The van der Waals surface area contributed by atoms with Crippen molar-refractivity contribution in [2.24, 2.45) is 5.84 Å². The number of thiophene rings is 1. The molecule has 0 unspecified atom stereocenters. The minimum Gasteiger partial charge on any atom is -0.308 e. The molecule has 2 aromatic rings. The summed E-state index contributed by atoms with van der Waals surface area (Å²) in [7, 11) is 0. The summed E-state index contributed by atoms with van der Waals surface area (Å²) in [5.74, 6) is 7.20. The number of halogens is 1. The molecule has 4 nitrogen and oxygen atoms in total. The molecule has 18 heavy (non-hydrogen) atoms. The summed E-state index contributed by atoms with van der Waals surface area (Å²) in [6, 6.07) is 3.75. The van der Waals surface area contributed by atoms with Crippen LogP contribution in [0.5, 0.6) is 0 Å². The lowest BCUT2D eigenvalue weighted by Crippen LogP contribution is -2.14. The molecule has 0 atom stereocenters. The standard InChI is InChI=1S/C12H15ClN4S/c1-6(2)10-7(3)15-11(16-12(10)17-14)8-4-5-9(13)18-8/h4-6H,14H2,1-3H3,(H,15,16,17). The molecule has 0 amide bonds. The zero-order valence-corrected chi connectivity index (χ0v) is 12.1. The van der Waals surface area contributed by atoms with Gasteiger partial charge in [-0.15, -0.1) is 11.3 Å². The molecule has 2 rings (SSSR count). The highest BCUT2D eigenvalue weighted by molar-refractivity contribution is 7.19. The average molecular weight is 283 g/mol. The van der Waals surface area contributed by atoms with Crippen LogP contribution in [-0.2, 0) is 0 Å². The van der Waals surface area contributed by atoms with E-state index in [0.29, 0.717) is 17.6 Å². The third-order valence-corrected chi connectivity index (χ3v) is 3.87. The maximum absolute atomic E-state index is 5.93. The second kappa shape index (κ2) is 5.22. The molecule has 6 heteroatoms. The molecular weight excluding hydrogens is 268 g/mol. The van der Waals surface area contributed by atoms with Crippen LogP contribution in [-0.4, -0.2) is 9.97 Å². The van der Waals surface area contributed by atoms with Crippen LogP contribution < -0.4 is 11.3 Å². The van der Waals surface area contributed by atoms with Crippen LogP contribution >= 0.6 is 22.9 Å². The normalized spacial score (nSPS) is 11.0. The summed E-state index contributed by atoms with van der Waals surface area (Å²) in [5, 5.41) is 0. The number of nitrogens with two attached hydrogens (primary N) is 1. The Labute approximate surface area is 115 Å². The molecule has 0 saturated heterocycles. The zero-order chi connectivity index (χ0) is 13.3. The summed E-state index contributed by atoms with van der Waals surface area (Å²) in [5.41, 5.74) is 4.64. The number of hydrazine groups is 1. The molecule has 2 aromatic heterocycles. The number of nitrogens with zero attached hydrogens (tertiary/aromatic N) is 2. The third kappa shape index (κ3) is 2.48. The van der Waals surface area contributed by atoms with Crippen LogP contribution in [0.25, 0.3) is 10.7 Å². The van der Waals surface area contributed by atoms with E-state index in [1.165, 1.54) is 11.3 Å². The molecular formula is C12H15ClN4S. The van der Waals surface area contributed by atoms with Crippen molar-refractivity contribution in [1.29, 1.82) is 0 Å². The number of rotatable bonds is 3. The topological polar surface area (TPSA) is 63.8 Å². The first-order valence-corrected chi connectivity index (χ1v) is 6.83. The second-order valence-corrected chi connectivity index (χ2v) is 6.01. The smallest absolute Gasteiger partial charge is 0.171 e. The van der Waals surface area contributed by atoms with Crippen molar-refractivity contribution in [3.8, 4) is 10.7 Å². The molecule has 0 spiro atoms. The number of hydrogen-bond donors (Lipinski definition) is 2. The predicted molar refractivity (Wildman–Crippen MR) is 77.0 cm³/mol. The van der Waals surface area contributed by atoms with Crippen molar-refractivity contribution in [1.82, 2.24) is 9.97 Å². The molecule has 96 valence electrons. The van der Waals surface area contributed by atoms with Gasteiger partial charge in [-0.2, -0.15) is 0 Å². The highest BCUT2D eigenvalue weighted by Crippen LogP contribution is 2.32. The Kier molecular flexibility index (Phi) is 3.85. The maximum atomic E-state index is 5.93. The molecule has 0 radical (unpaired) electrons. The van der Waals surface area contributed by atoms with Gasteiger partial charge in [0.25, 0.3) is 0 Å². The van der Waals surface area contributed by atoms with Gasteiger partial charge in [-0.25, -0.2) is 15.8 Å². The van der Waals surface area contributed by atoms with E-state index in [9.17, 15) is 0 Å². The van der Waals surface area contributed by atoms with Crippen LogP contribution in [0.3, 0.4) is 0 Å². The SMILES string of the molecule is Cc1nc(-c2ccc(Cl)s2)nc(NN)c1C(C)C. The van der Waals surface area contributed by atoms with E-state index < -0.39 is 0 Å². The molecule has 0 aliphatic rings. The van der Waals surface area contributed by atoms with E-state index in [4.69, 9.17) is 17.4 Å². The molecule has 0 aromatic carbocycles. The highest BCUT2D eigenvalue weighted by Gasteiger charge is 2.15. The Morgan fingerprint density at radius 3 is 2.56 bits per heavy atom. The fourth-order valence-electron chi connectivity index (χ4n) is 1.93. The molecule has 0 fully saturated rings. The van der Waals surface area contributed by atoms with Gasteiger partial charge in [-0.1, -0.05) is 25.4 Å². The number of nitrogens with one attached hydrogen (secondary N) is 1. The number of hydrogen-bond acceptors (Lipinski definition) is 5. The molecule has 0 bridgehead atoms.